The highest BCUT2D eigenvalue weighted by atomic mass is 32.2. The number of aliphatic carboxylic acids is 2. The van der Waals surface area contributed by atoms with Crippen LogP contribution in [0, 0.1) is 0 Å². The van der Waals surface area contributed by atoms with Gasteiger partial charge in [0.2, 0.25) is 23.6 Å². The molecule has 13 heteroatoms. The molecule has 162 valence electrons. The monoisotopic (exact) mass is 432 g/mol. The van der Waals surface area contributed by atoms with E-state index in [1.54, 1.807) is 6.92 Å². The largest absolute Gasteiger partial charge is 0.480 e. The molecule has 0 bridgehead atoms. The van der Waals surface area contributed by atoms with Crippen molar-refractivity contribution in [2.24, 2.45) is 5.73 Å². The summed E-state index contributed by atoms with van der Waals surface area (Å²) < 4.78 is 0. The summed E-state index contributed by atoms with van der Waals surface area (Å²) in [5.74, 6) is -4.77. The fourth-order valence-electron chi connectivity index (χ4n) is 2.47. The zero-order valence-electron chi connectivity index (χ0n) is 15.8. The Kier molecular flexibility index (Phi) is 9.55. The molecule has 12 nitrogen and oxygen atoms in total. The van der Waals surface area contributed by atoms with Crippen molar-refractivity contribution in [3.63, 3.8) is 0 Å². The number of amides is 4. The molecule has 1 fully saturated rings. The Hall–Kier alpha value is -2.67. The predicted octanol–water partition coefficient (Wildman–Crippen LogP) is -2.26. The number of carbonyl (C=O) groups excluding carboxylic acids is 4. The lowest BCUT2D eigenvalue weighted by atomic mass is 10.1. The van der Waals surface area contributed by atoms with E-state index in [0.29, 0.717) is 0 Å². The van der Waals surface area contributed by atoms with Crippen molar-refractivity contribution < 1.29 is 39.0 Å². The van der Waals surface area contributed by atoms with Gasteiger partial charge in [-0.3, -0.25) is 33.7 Å². The molecule has 0 aromatic rings. The highest BCUT2D eigenvalue weighted by molar-refractivity contribution is 8.00. The van der Waals surface area contributed by atoms with Gasteiger partial charge in [-0.2, -0.15) is 0 Å². The van der Waals surface area contributed by atoms with Crippen molar-refractivity contribution in [3.8, 4) is 0 Å². The van der Waals surface area contributed by atoms with Gasteiger partial charge in [-0.25, -0.2) is 0 Å². The molecule has 1 aliphatic rings. The quantitative estimate of drug-likeness (QED) is 0.210. The van der Waals surface area contributed by atoms with Crippen LogP contribution >= 0.6 is 11.8 Å². The van der Waals surface area contributed by atoms with Crippen molar-refractivity contribution in [1.29, 1.82) is 0 Å². The fraction of sp³-hybridized carbons (Fsp3) is 0.625. The van der Waals surface area contributed by atoms with Crippen molar-refractivity contribution in [1.82, 2.24) is 15.5 Å². The summed E-state index contributed by atoms with van der Waals surface area (Å²) in [5.41, 5.74) is 5.33. The molecule has 1 aliphatic heterocycles. The molecule has 29 heavy (non-hydrogen) atoms. The number of rotatable bonds is 12. The lowest BCUT2D eigenvalue weighted by Crippen LogP contribution is -2.50. The van der Waals surface area contributed by atoms with Gasteiger partial charge in [-0.05, 0) is 13.3 Å². The SMILES string of the molecule is CCN1C(=O)C[C@@H](SC[C@H](NC(=O)CCC(N)C(=O)O)C(=O)NCC(=O)O)C1=O. The van der Waals surface area contributed by atoms with Gasteiger partial charge < -0.3 is 26.6 Å². The maximum Gasteiger partial charge on any atom is 0.322 e. The number of nitrogens with zero attached hydrogens (tertiary/aromatic N) is 1. The van der Waals surface area contributed by atoms with Gasteiger partial charge in [-0.15, -0.1) is 11.8 Å². The molecule has 1 unspecified atom stereocenters. The van der Waals surface area contributed by atoms with Crippen LogP contribution in [-0.4, -0.2) is 86.9 Å². The first-order valence-electron chi connectivity index (χ1n) is 8.79. The second-order valence-corrected chi connectivity index (χ2v) is 7.45. The minimum absolute atomic E-state index is 0.0256. The van der Waals surface area contributed by atoms with E-state index >= 15 is 0 Å². The van der Waals surface area contributed by atoms with Gasteiger partial charge in [0.1, 0.15) is 18.6 Å². The third-order valence-corrected chi connectivity index (χ3v) is 5.34. The van der Waals surface area contributed by atoms with Crippen molar-refractivity contribution >= 4 is 47.3 Å². The van der Waals surface area contributed by atoms with Crippen LogP contribution in [0.2, 0.25) is 0 Å². The Morgan fingerprint density at radius 3 is 2.45 bits per heavy atom. The maximum atomic E-state index is 12.2. The van der Waals surface area contributed by atoms with Crippen LogP contribution in [0.25, 0.3) is 0 Å². The van der Waals surface area contributed by atoms with Crippen LogP contribution in [0.5, 0.6) is 0 Å². The normalized spacial score (nSPS) is 18.3. The van der Waals surface area contributed by atoms with Crippen LogP contribution < -0.4 is 16.4 Å². The molecule has 0 aromatic heterocycles. The van der Waals surface area contributed by atoms with Gasteiger partial charge in [0.15, 0.2) is 0 Å². The second-order valence-electron chi connectivity index (χ2n) is 6.22. The number of carboxylic acid groups (broad SMARTS) is 2. The molecule has 0 aliphatic carbocycles. The number of carbonyl (C=O) groups is 6. The molecule has 4 amide bonds. The zero-order valence-corrected chi connectivity index (χ0v) is 16.6. The van der Waals surface area contributed by atoms with E-state index in [4.69, 9.17) is 15.9 Å². The summed E-state index contributed by atoms with van der Waals surface area (Å²) in [6.07, 6.45) is -0.438. The molecule has 0 radical (unpaired) electrons. The first kappa shape index (κ1) is 24.4. The number of imide groups is 1. The molecule has 3 atom stereocenters. The second kappa shape index (κ2) is 11.4. The molecular formula is C16H24N4O8S. The van der Waals surface area contributed by atoms with Gasteiger partial charge in [0.25, 0.3) is 0 Å². The number of nitrogens with one attached hydrogen (secondary N) is 2. The molecule has 6 N–H and O–H groups in total. The van der Waals surface area contributed by atoms with E-state index in [2.05, 4.69) is 10.6 Å². The van der Waals surface area contributed by atoms with Gasteiger partial charge >= 0.3 is 11.9 Å². The number of likely N-dealkylation sites (tertiary alicyclic amines) is 1. The number of hydrogen-bond acceptors (Lipinski definition) is 8. The summed E-state index contributed by atoms with van der Waals surface area (Å²) in [6.45, 7) is 1.23. The Morgan fingerprint density at radius 2 is 1.93 bits per heavy atom. The molecule has 0 aromatic carbocycles. The van der Waals surface area contributed by atoms with E-state index in [-0.39, 0.29) is 43.4 Å². The third kappa shape index (κ3) is 7.69. The summed E-state index contributed by atoms with van der Waals surface area (Å²) >= 11 is 1.00. The van der Waals surface area contributed by atoms with Crippen LogP contribution in [0.3, 0.4) is 0 Å². The average Bonchev–Trinajstić information content (AvgIpc) is 2.93. The van der Waals surface area contributed by atoms with Crippen molar-refractivity contribution in [2.75, 3.05) is 18.8 Å². The Bertz CT molecular complexity index is 686. The Labute approximate surface area is 170 Å². The smallest absolute Gasteiger partial charge is 0.322 e. The van der Waals surface area contributed by atoms with Crippen LogP contribution in [0.15, 0.2) is 0 Å². The summed E-state index contributed by atoms with van der Waals surface area (Å²) in [5, 5.41) is 21.2. The van der Waals surface area contributed by atoms with E-state index in [9.17, 15) is 28.8 Å². The topological polar surface area (TPSA) is 196 Å². The number of carboxylic acids is 2. The van der Waals surface area contributed by atoms with Crippen molar-refractivity contribution in [3.05, 3.63) is 0 Å². The highest BCUT2D eigenvalue weighted by Gasteiger charge is 2.38. The summed E-state index contributed by atoms with van der Waals surface area (Å²) in [7, 11) is 0. The van der Waals surface area contributed by atoms with Gasteiger partial charge in [0, 0.05) is 25.1 Å². The average molecular weight is 432 g/mol. The molecule has 0 spiro atoms. The number of thioether (sulfide) groups is 1. The van der Waals surface area contributed by atoms with E-state index in [1.165, 1.54) is 0 Å². The molecule has 1 rings (SSSR count). The highest BCUT2D eigenvalue weighted by Crippen LogP contribution is 2.25. The Balaban J connectivity index is 2.70. The molecule has 1 saturated heterocycles. The minimum Gasteiger partial charge on any atom is -0.480 e. The molecule has 1 heterocycles. The van der Waals surface area contributed by atoms with Crippen LogP contribution in [0.1, 0.15) is 26.2 Å². The van der Waals surface area contributed by atoms with Gasteiger partial charge in [0.05, 0.1) is 5.25 Å². The Morgan fingerprint density at radius 1 is 1.28 bits per heavy atom. The standard InChI is InChI=1S/C16H24N4O8S/c1-2-20-12(22)5-10(15(20)26)29-7-9(14(25)18-6-13(23)24)19-11(21)4-3-8(17)16(27)28/h8-10H,2-7,17H2,1H3,(H,18,25)(H,19,21)(H,23,24)(H,27,28)/t8?,9-,10+/m0/s1. The first-order valence-corrected chi connectivity index (χ1v) is 9.84. The molecule has 0 saturated carbocycles. The third-order valence-electron chi connectivity index (χ3n) is 4.05. The first-order chi connectivity index (χ1) is 13.6. The predicted molar refractivity (Wildman–Crippen MR) is 101 cm³/mol. The van der Waals surface area contributed by atoms with Crippen LogP contribution in [0.4, 0.5) is 0 Å². The molecular weight excluding hydrogens is 408 g/mol. The van der Waals surface area contributed by atoms with E-state index < -0.39 is 47.6 Å². The maximum absolute atomic E-state index is 12.2. The fourth-order valence-corrected chi connectivity index (χ4v) is 3.66. The van der Waals surface area contributed by atoms with E-state index in [1.807, 2.05) is 0 Å². The van der Waals surface area contributed by atoms with Crippen LogP contribution in [-0.2, 0) is 28.8 Å². The minimum atomic E-state index is -1.28. The summed E-state index contributed by atoms with van der Waals surface area (Å²) in [6, 6.07) is -2.41. The summed E-state index contributed by atoms with van der Waals surface area (Å²) in [4.78, 5) is 70.6. The lowest BCUT2D eigenvalue weighted by molar-refractivity contribution is -0.139. The van der Waals surface area contributed by atoms with Gasteiger partial charge in [-0.1, -0.05) is 0 Å². The van der Waals surface area contributed by atoms with E-state index in [0.717, 1.165) is 16.7 Å². The zero-order chi connectivity index (χ0) is 22.1. The number of hydrogen-bond donors (Lipinski definition) is 5. The lowest BCUT2D eigenvalue weighted by Gasteiger charge is -2.19. The van der Waals surface area contributed by atoms with Crippen molar-refractivity contribution in [2.45, 2.75) is 43.5 Å². The number of nitrogens with two attached hydrogens (primary N) is 1.